The van der Waals surface area contributed by atoms with E-state index in [0.717, 1.165) is 22.7 Å². The number of carbonyl (C=O) groups excluding carboxylic acids is 1. The summed E-state index contributed by atoms with van der Waals surface area (Å²) >= 11 is 0. The van der Waals surface area contributed by atoms with Gasteiger partial charge in [0.05, 0.1) is 7.11 Å². The number of amides is 1. The van der Waals surface area contributed by atoms with Crippen molar-refractivity contribution in [3.8, 4) is 5.75 Å². The molecule has 0 heterocycles. The molecule has 0 fully saturated rings. The van der Waals surface area contributed by atoms with E-state index in [4.69, 9.17) is 4.74 Å². The van der Waals surface area contributed by atoms with Gasteiger partial charge in [-0.1, -0.05) is 0 Å². The molecule has 0 saturated carbocycles. The molecule has 0 aliphatic carbocycles. The largest absolute Gasteiger partial charge is 0.497 e. The molecule has 0 aromatic heterocycles. The molecule has 4 nitrogen and oxygen atoms in total. The molecule has 0 aliphatic heterocycles. The maximum atomic E-state index is 12.2. The number of nitrogens with one attached hydrogen (secondary N) is 1. The first-order valence-corrected chi connectivity index (χ1v) is 6.74. The Kier molecular flexibility index (Phi) is 4.48. The lowest BCUT2D eigenvalue weighted by Gasteiger charge is -2.16. The van der Waals surface area contributed by atoms with Crippen LogP contribution in [-0.2, 0) is 0 Å². The van der Waals surface area contributed by atoms with Crippen LogP contribution in [0.3, 0.4) is 0 Å². The SMILES string of the molecule is COc1ccc(NC(=O)c2ccc(N(C)C)c(C)c2)cc1. The average molecular weight is 284 g/mol. The van der Waals surface area contributed by atoms with Gasteiger partial charge in [-0.15, -0.1) is 0 Å². The summed E-state index contributed by atoms with van der Waals surface area (Å²) in [4.78, 5) is 14.3. The lowest BCUT2D eigenvalue weighted by atomic mass is 10.1. The molecule has 2 aromatic carbocycles. The van der Waals surface area contributed by atoms with Gasteiger partial charge >= 0.3 is 0 Å². The molecule has 1 N–H and O–H groups in total. The van der Waals surface area contributed by atoms with Gasteiger partial charge in [0.15, 0.2) is 0 Å². The van der Waals surface area contributed by atoms with Crippen LogP contribution in [0.25, 0.3) is 0 Å². The van der Waals surface area contributed by atoms with E-state index in [1.54, 1.807) is 7.11 Å². The molecule has 0 spiro atoms. The third-order valence-corrected chi connectivity index (χ3v) is 3.29. The van der Waals surface area contributed by atoms with Crippen LogP contribution in [0, 0.1) is 6.92 Å². The molecule has 2 rings (SSSR count). The summed E-state index contributed by atoms with van der Waals surface area (Å²) in [6.45, 7) is 2.00. The fraction of sp³-hybridized carbons (Fsp3) is 0.235. The smallest absolute Gasteiger partial charge is 0.255 e. The fourth-order valence-corrected chi connectivity index (χ4v) is 2.18. The normalized spacial score (nSPS) is 10.1. The van der Waals surface area contributed by atoms with Gasteiger partial charge in [0.2, 0.25) is 0 Å². The molecule has 1 amide bonds. The number of hydrogen-bond donors (Lipinski definition) is 1. The summed E-state index contributed by atoms with van der Waals surface area (Å²) in [6.07, 6.45) is 0. The van der Waals surface area contributed by atoms with Crippen molar-refractivity contribution in [1.29, 1.82) is 0 Å². The minimum absolute atomic E-state index is 0.117. The molecule has 0 unspecified atom stereocenters. The van der Waals surface area contributed by atoms with Crippen molar-refractivity contribution in [2.75, 3.05) is 31.4 Å². The predicted molar refractivity (Wildman–Crippen MR) is 86.5 cm³/mol. The summed E-state index contributed by atoms with van der Waals surface area (Å²) in [5.74, 6) is 0.646. The van der Waals surface area contributed by atoms with Gasteiger partial charge in [-0.3, -0.25) is 4.79 Å². The van der Waals surface area contributed by atoms with E-state index in [9.17, 15) is 4.79 Å². The third kappa shape index (κ3) is 3.54. The van der Waals surface area contributed by atoms with Gasteiger partial charge in [-0.2, -0.15) is 0 Å². The second kappa shape index (κ2) is 6.31. The molecule has 0 aliphatic rings. The van der Waals surface area contributed by atoms with Gasteiger partial charge in [0.1, 0.15) is 5.75 Å². The monoisotopic (exact) mass is 284 g/mol. The van der Waals surface area contributed by atoms with Crippen molar-refractivity contribution in [1.82, 2.24) is 0 Å². The van der Waals surface area contributed by atoms with Crippen molar-refractivity contribution in [2.45, 2.75) is 6.92 Å². The topological polar surface area (TPSA) is 41.6 Å². The quantitative estimate of drug-likeness (QED) is 0.936. The van der Waals surface area contributed by atoms with Crippen molar-refractivity contribution < 1.29 is 9.53 Å². The number of nitrogens with zero attached hydrogens (tertiary/aromatic N) is 1. The van der Waals surface area contributed by atoms with Crippen molar-refractivity contribution >= 4 is 17.3 Å². The van der Waals surface area contributed by atoms with Crippen LogP contribution in [0.4, 0.5) is 11.4 Å². The molecule has 21 heavy (non-hydrogen) atoms. The molecule has 0 saturated heterocycles. The Morgan fingerprint density at radius 1 is 1.10 bits per heavy atom. The molecular weight excluding hydrogens is 264 g/mol. The van der Waals surface area contributed by atoms with Crippen LogP contribution >= 0.6 is 0 Å². The van der Waals surface area contributed by atoms with Gasteiger partial charge < -0.3 is 15.0 Å². The molecule has 2 aromatic rings. The zero-order valence-corrected chi connectivity index (χ0v) is 12.8. The minimum Gasteiger partial charge on any atom is -0.497 e. The highest BCUT2D eigenvalue weighted by atomic mass is 16.5. The number of rotatable bonds is 4. The third-order valence-electron chi connectivity index (χ3n) is 3.29. The Labute approximate surface area is 125 Å². The molecule has 0 bridgehead atoms. The molecule has 4 heteroatoms. The van der Waals surface area contributed by atoms with Gasteiger partial charge in [-0.25, -0.2) is 0 Å². The Hall–Kier alpha value is -2.49. The Bertz CT molecular complexity index is 634. The zero-order chi connectivity index (χ0) is 15.4. The Morgan fingerprint density at radius 2 is 1.76 bits per heavy atom. The Morgan fingerprint density at radius 3 is 2.29 bits per heavy atom. The standard InChI is InChI=1S/C17H20N2O2/c1-12-11-13(5-10-16(12)19(2)3)17(20)18-14-6-8-15(21-4)9-7-14/h5-11H,1-4H3,(H,18,20). The van der Waals surface area contributed by atoms with Crippen LogP contribution in [0.2, 0.25) is 0 Å². The number of carbonyl (C=O) groups is 1. The van der Waals surface area contributed by atoms with E-state index in [1.807, 2.05) is 68.4 Å². The van der Waals surface area contributed by atoms with E-state index in [2.05, 4.69) is 5.32 Å². The first kappa shape index (κ1) is 14.9. The molecule has 0 atom stereocenters. The van der Waals surface area contributed by atoms with E-state index >= 15 is 0 Å². The van der Waals surface area contributed by atoms with Crippen LogP contribution in [-0.4, -0.2) is 27.1 Å². The number of aryl methyl sites for hydroxylation is 1. The summed E-state index contributed by atoms with van der Waals surface area (Å²) < 4.78 is 5.09. The highest BCUT2D eigenvalue weighted by Crippen LogP contribution is 2.20. The maximum absolute atomic E-state index is 12.2. The molecule has 0 radical (unpaired) electrons. The van der Waals surface area contributed by atoms with Crippen LogP contribution < -0.4 is 15.0 Å². The number of methoxy groups -OCH3 is 1. The summed E-state index contributed by atoms with van der Waals surface area (Å²) in [6, 6.07) is 13.0. The lowest BCUT2D eigenvalue weighted by Crippen LogP contribution is -2.14. The summed E-state index contributed by atoms with van der Waals surface area (Å²) in [5.41, 5.74) is 3.57. The maximum Gasteiger partial charge on any atom is 0.255 e. The number of benzene rings is 2. The van der Waals surface area contributed by atoms with Crippen LogP contribution in [0.5, 0.6) is 5.75 Å². The zero-order valence-electron chi connectivity index (χ0n) is 12.8. The molecular formula is C17H20N2O2. The first-order valence-electron chi connectivity index (χ1n) is 6.74. The average Bonchev–Trinajstić information content (AvgIpc) is 2.47. The fourth-order valence-electron chi connectivity index (χ4n) is 2.18. The Balaban J connectivity index is 2.14. The highest BCUT2D eigenvalue weighted by molar-refractivity contribution is 6.04. The van der Waals surface area contributed by atoms with E-state index in [1.165, 1.54) is 0 Å². The minimum atomic E-state index is -0.117. The summed E-state index contributed by atoms with van der Waals surface area (Å²) in [7, 11) is 5.58. The van der Waals surface area contributed by atoms with E-state index < -0.39 is 0 Å². The highest BCUT2D eigenvalue weighted by Gasteiger charge is 2.09. The first-order chi connectivity index (χ1) is 10.0. The second-order valence-electron chi connectivity index (χ2n) is 5.08. The van der Waals surface area contributed by atoms with E-state index in [0.29, 0.717) is 5.56 Å². The van der Waals surface area contributed by atoms with Crippen molar-refractivity contribution in [2.24, 2.45) is 0 Å². The number of anilines is 2. The number of hydrogen-bond acceptors (Lipinski definition) is 3. The second-order valence-corrected chi connectivity index (χ2v) is 5.08. The lowest BCUT2D eigenvalue weighted by molar-refractivity contribution is 0.102. The van der Waals surface area contributed by atoms with Crippen molar-refractivity contribution in [3.05, 3.63) is 53.6 Å². The predicted octanol–water partition coefficient (Wildman–Crippen LogP) is 3.32. The van der Waals surface area contributed by atoms with Gasteiger partial charge in [-0.05, 0) is 55.0 Å². The number of ether oxygens (including phenoxy) is 1. The molecule has 110 valence electrons. The van der Waals surface area contributed by atoms with Crippen LogP contribution in [0.15, 0.2) is 42.5 Å². The summed E-state index contributed by atoms with van der Waals surface area (Å²) in [5, 5.41) is 2.88. The van der Waals surface area contributed by atoms with E-state index in [-0.39, 0.29) is 5.91 Å². The van der Waals surface area contributed by atoms with Crippen LogP contribution in [0.1, 0.15) is 15.9 Å². The van der Waals surface area contributed by atoms with Crippen molar-refractivity contribution in [3.63, 3.8) is 0 Å². The van der Waals surface area contributed by atoms with Gasteiger partial charge in [0, 0.05) is 31.0 Å². The van der Waals surface area contributed by atoms with Gasteiger partial charge in [0.25, 0.3) is 5.91 Å².